The van der Waals surface area contributed by atoms with Crippen LogP contribution in [0.4, 0.5) is 4.79 Å². The molecule has 0 bridgehead atoms. The Bertz CT molecular complexity index is 188. The van der Waals surface area contributed by atoms with Gasteiger partial charge in [-0.1, -0.05) is 22.3 Å². The number of halogens is 1. The van der Waals surface area contributed by atoms with Crippen LogP contribution in [0.3, 0.4) is 0 Å². The molecule has 0 radical (unpaired) electrons. The van der Waals surface area contributed by atoms with Crippen LogP contribution in [0, 0.1) is 0 Å². The van der Waals surface area contributed by atoms with Gasteiger partial charge in [0.15, 0.2) is 0 Å². The average Bonchev–Trinajstić information content (AvgIpc) is 2.00. The summed E-state index contributed by atoms with van der Waals surface area (Å²) >= 11 is 3.38. The quantitative estimate of drug-likeness (QED) is 0.617. The molecule has 0 heterocycles. The van der Waals surface area contributed by atoms with Crippen molar-refractivity contribution >= 4 is 29.9 Å². The Labute approximate surface area is 102 Å². The molecule has 0 aliphatic heterocycles. The van der Waals surface area contributed by atoms with Gasteiger partial charge >= 0.3 is 6.09 Å². The molecule has 0 saturated carbocycles. The molecule has 0 spiro atoms. The van der Waals surface area contributed by atoms with Crippen molar-refractivity contribution in [3.05, 3.63) is 0 Å². The van der Waals surface area contributed by atoms with Crippen molar-refractivity contribution in [3.63, 3.8) is 0 Å². The molecule has 1 N–H and O–H groups in total. The van der Waals surface area contributed by atoms with Gasteiger partial charge in [-0.15, -0.1) is 0 Å². The molecule has 1 amide bonds. The first-order chi connectivity index (χ1) is 6.89. The summed E-state index contributed by atoms with van der Waals surface area (Å²) in [4.78, 5) is 11.5. The van der Waals surface area contributed by atoms with E-state index in [-0.39, 0.29) is 12.1 Å². The molecule has 1 atom stereocenters. The van der Waals surface area contributed by atoms with Crippen molar-refractivity contribution in [3.8, 4) is 0 Å². The predicted octanol–water partition coefficient (Wildman–Crippen LogP) is 2.11. The summed E-state index contributed by atoms with van der Waals surface area (Å²) in [6.07, 6.45) is 2.67. The monoisotopic (exact) mass is 277 g/mol. The number of carbonyl (C=O) groups excluding carboxylic acids is 1. The van der Waals surface area contributed by atoms with Crippen LogP contribution < -0.4 is 5.32 Å². The molecule has 0 aromatic rings. The van der Waals surface area contributed by atoms with Crippen LogP contribution in [-0.2, 0) is 4.74 Å². The number of carbonyl (C=O) groups is 1. The number of amides is 1. The fourth-order valence-corrected chi connectivity index (χ4v) is 1.80. The standard InChI is InChI=1S/C10H21BBrNO2/c1-10(2,3)15-9(14)13-8(4-6-11)5-7-12/h8H,4-7,11H2,1-3H3,(H,13,14). The fraction of sp³-hybridized carbons (Fsp3) is 0.900. The number of hydrogen-bond donors (Lipinski definition) is 1. The van der Waals surface area contributed by atoms with Crippen molar-refractivity contribution in [2.75, 3.05) is 5.33 Å². The zero-order chi connectivity index (χ0) is 11.9. The van der Waals surface area contributed by atoms with E-state index in [1.165, 1.54) is 0 Å². The fourth-order valence-electron chi connectivity index (χ4n) is 1.24. The Morgan fingerprint density at radius 1 is 1.47 bits per heavy atom. The number of alkyl halides is 1. The van der Waals surface area contributed by atoms with E-state index in [1.54, 1.807) is 0 Å². The van der Waals surface area contributed by atoms with Crippen molar-refractivity contribution in [1.29, 1.82) is 0 Å². The zero-order valence-corrected chi connectivity index (χ0v) is 11.7. The second kappa shape index (κ2) is 7.15. The molecule has 0 aliphatic carbocycles. The van der Waals surface area contributed by atoms with E-state index >= 15 is 0 Å². The van der Waals surface area contributed by atoms with Gasteiger partial charge in [0.1, 0.15) is 13.4 Å². The number of ether oxygens (including phenoxy) is 1. The van der Waals surface area contributed by atoms with Crippen LogP contribution in [0.1, 0.15) is 33.6 Å². The van der Waals surface area contributed by atoms with Crippen molar-refractivity contribution in [2.45, 2.75) is 51.6 Å². The summed E-state index contributed by atoms with van der Waals surface area (Å²) in [6.45, 7) is 5.60. The topological polar surface area (TPSA) is 38.3 Å². The first kappa shape index (κ1) is 14.8. The lowest BCUT2D eigenvalue weighted by atomic mass is 9.96. The molecule has 0 rings (SSSR count). The molecule has 0 aromatic carbocycles. The van der Waals surface area contributed by atoms with Gasteiger partial charge in [0.05, 0.1) is 0 Å². The highest BCUT2D eigenvalue weighted by Gasteiger charge is 2.18. The molecule has 3 nitrogen and oxygen atoms in total. The van der Waals surface area contributed by atoms with E-state index in [1.807, 2.05) is 20.8 Å². The van der Waals surface area contributed by atoms with Crippen LogP contribution >= 0.6 is 15.9 Å². The first-order valence-corrected chi connectivity index (χ1v) is 6.56. The normalized spacial score (nSPS) is 13.3. The molecule has 88 valence electrons. The maximum absolute atomic E-state index is 11.5. The van der Waals surface area contributed by atoms with Gasteiger partial charge in [0.2, 0.25) is 0 Å². The van der Waals surface area contributed by atoms with Crippen molar-refractivity contribution in [2.24, 2.45) is 0 Å². The van der Waals surface area contributed by atoms with Crippen LogP contribution in [0.15, 0.2) is 0 Å². The van der Waals surface area contributed by atoms with Gasteiger partial charge in [-0.25, -0.2) is 4.79 Å². The number of nitrogens with one attached hydrogen (secondary N) is 1. The van der Waals surface area contributed by atoms with Crippen LogP contribution in [0.2, 0.25) is 6.32 Å². The third-order valence-corrected chi connectivity index (χ3v) is 2.27. The van der Waals surface area contributed by atoms with E-state index in [0.717, 1.165) is 24.5 Å². The highest BCUT2D eigenvalue weighted by atomic mass is 79.9. The van der Waals surface area contributed by atoms with Gasteiger partial charge < -0.3 is 10.1 Å². The number of alkyl carbamates (subject to hydrolysis) is 1. The smallest absolute Gasteiger partial charge is 0.407 e. The Morgan fingerprint density at radius 2 is 2.07 bits per heavy atom. The zero-order valence-electron chi connectivity index (χ0n) is 10.1. The summed E-state index contributed by atoms with van der Waals surface area (Å²) < 4.78 is 5.20. The molecular formula is C10H21BBrNO2. The summed E-state index contributed by atoms with van der Waals surface area (Å²) in [6, 6.07) is 0.212. The van der Waals surface area contributed by atoms with E-state index in [9.17, 15) is 4.79 Å². The number of hydrogen-bond acceptors (Lipinski definition) is 2. The SMILES string of the molecule is BCCC(CCBr)NC(=O)OC(C)(C)C. The Balaban J connectivity index is 3.99. The summed E-state index contributed by atoms with van der Waals surface area (Å²) in [5.74, 6) is 0. The van der Waals surface area contributed by atoms with Crippen LogP contribution in [0.25, 0.3) is 0 Å². The Morgan fingerprint density at radius 3 is 2.47 bits per heavy atom. The first-order valence-electron chi connectivity index (χ1n) is 5.44. The van der Waals surface area contributed by atoms with E-state index < -0.39 is 5.60 Å². The van der Waals surface area contributed by atoms with Gasteiger partial charge in [-0.05, 0) is 33.6 Å². The predicted molar refractivity (Wildman–Crippen MR) is 69.5 cm³/mol. The second-order valence-corrected chi connectivity index (χ2v) is 5.40. The van der Waals surface area contributed by atoms with Gasteiger partial charge in [0.25, 0.3) is 0 Å². The van der Waals surface area contributed by atoms with Crippen LogP contribution in [0.5, 0.6) is 0 Å². The van der Waals surface area contributed by atoms with E-state index in [4.69, 9.17) is 4.74 Å². The highest BCUT2D eigenvalue weighted by Crippen LogP contribution is 2.09. The Hall–Kier alpha value is -0.185. The molecule has 0 fully saturated rings. The van der Waals surface area contributed by atoms with E-state index in [2.05, 4.69) is 29.1 Å². The molecule has 15 heavy (non-hydrogen) atoms. The molecular weight excluding hydrogens is 257 g/mol. The summed E-state index contributed by atoms with van der Waals surface area (Å²) in [5.41, 5.74) is -0.421. The third-order valence-electron chi connectivity index (χ3n) is 1.82. The minimum Gasteiger partial charge on any atom is -0.444 e. The highest BCUT2D eigenvalue weighted by molar-refractivity contribution is 9.09. The average molecular weight is 278 g/mol. The lowest BCUT2D eigenvalue weighted by molar-refractivity contribution is 0.0502. The lowest BCUT2D eigenvalue weighted by Gasteiger charge is -2.23. The summed E-state index contributed by atoms with van der Waals surface area (Å²) in [7, 11) is 2.11. The van der Waals surface area contributed by atoms with Gasteiger partial charge in [-0.2, -0.15) is 0 Å². The largest absolute Gasteiger partial charge is 0.444 e. The third kappa shape index (κ3) is 8.79. The van der Waals surface area contributed by atoms with E-state index in [0.29, 0.717) is 0 Å². The second-order valence-electron chi connectivity index (χ2n) is 4.61. The minimum absolute atomic E-state index is 0.212. The maximum atomic E-state index is 11.5. The Kier molecular flexibility index (Phi) is 7.06. The molecule has 0 aliphatic rings. The molecule has 5 heteroatoms. The summed E-state index contributed by atoms with van der Waals surface area (Å²) in [5, 5.41) is 3.78. The molecule has 1 unspecified atom stereocenters. The van der Waals surface area contributed by atoms with Gasteiger partial charge in [0, 0.05) is 11.4 Å². The number of rotatable bonds is 5. The van der Waals surface area contributed by atoms with Gasteiger partial charge in [-0.3, -0.25) is 0 Å². The minimum atomic E-state index is -0.421. The lowest BCUT2D eigenvalue weighted by Crippen LogP contribution is -2.39. The molecule has 0 saturated heterocycles. The van der Waals surface area contributed by atoms with Crippen LogP contribution in [-0.4, -0.2) is 30.9 Å². The van der Waals surface area contributed by atoms with Crippen molar-refractivity contribution < 1.29 is 9.53 Å². The molecule has 0 aromatic heterocycles. The van der Waals surface area contributed by atoms with Crippen molar-refractivity contribution in [1.82, 2.24) is 5.32 Å². The maximum Gasteiger partial charge on any atom is 0.407 e.